The summed E-state index contributed by atoms with van der Waals surface area (Å²) in [4.78, 5) is 28.7. The number of tetrazole rings is 1. The normalized spacial score (nSPS) is 15.7. The van der Waals surface area contributed by atoms with Crippen molar-refractivity contribution in [3.8, 4) is 22.5 Å². The minimum absolute atomic E-state index is 0.186. The maximum Gasteiger partial charge on any atom is 0.354 e. The number of nitrogens with two attached hydrogens (primary N) is 1. The van der Waals surface area contributed by atoms with Gasteiger partial charge in [-0.05, 0) is 52.8 Å². The summed E-state index contributed by atoms with van der Waals surface area (Å²) in [6.07, 6.45) is 2.07. The predicted octanol–water partition coefficient (Wildman–Crippen LogP) is 5.18. The van der Waals surface area contributed by atoms with Gasteiger partial charge in [-0.25, -0.2) is 4.79 Å². The van der Waals surface area contributed by atoms with E-state index in [1.807, 2.05) is 90.7 Å². The second-order valence-corrected chi connectivity index (χ2v) is 10.5. The number of amides is 1. The number of aromatic amines is 1. The number of nitrogens with zero attached hydrogens (tertiary/aromatic N) is 5. The molecule has 0 spiro atoms. The van der Waals surface area contributed by atoms with Crippen LogP contribution in [0.1, 0.15) is 45.1 Å². The van der Waals surface area contributed by atoms with Crippen LogP contribution in [0.4, 0.5) is 5.69 Å². The molecule has 0 aliphatic carbocycles. The van der Waals surface area contributed by atoms with Crippen LogP contribution in [0.25, 0.3) is 22.5 Å². The number of rotatable bonds is 12. The van der Waals surface area contributed by atoms with Gasteiger partial charge in [0.2, 0.25) is 11.7 Å². The molecular weight excluding hydrogens is 530 g/mol. The highest BCUT2D eigenvalue weighted by molar-refractivity contribution is 5.89. The number of nitrogens with one attached hydrogen (secondary N) is 1. The van der Waals surface area contributed by atoms with E-state index in [0.29, 0.717) is 24.5 Å². The highest BCUT2D eigenvalue weighted by atomic mass is 16.4. The smallest absolute Gasteiger partial charge is 0.354 e. The molecule has 1 aliphatic heterocycles. The fourth-order valence-electron chi connectivity index (χ4n) is 5.73. The Morgan fingerprint density at radius 3 is 2.31 bits per heavy atom. The number of para-hydroxylation sites is 1. The molecule has 1 aliphatic rings. The lowest BCUT2D eigenvalue weighted by atomic mass is 9.98. The van der Waals surface area contributed by atoms with Crippen molar-refractivity contribution in [3.63, 3.8) is 0 Å². The van der Waals surface area contributed by atoms with Gasteiger partial charge >= 0.3 is 5.97 Å². The van der Waals surface area contributed by atoms with Crippen molar-refractivity contribution < 1.29 is 14.7 Å². The number of anilines is 1. The number of hydrogen-bond acceptors (Lipinski definition) is 7. The summed E-state index contributed by atoms with van der Waals surface area (Å²) in [5.41, 5.74) is 11.2. The molecule has 216 valence electrons. The second-order valence-electron chi connectivity index (χ2n) is 10.5. The van der Waals surface area contributed by atoms with Crippen LogP contribution in [0.15, 0.2) is 90.3 Å². The van der Waals surface area contributed by atoms with Crippen molar-refractivity contribution in [1.82, 2.24) is 25.5 Å². The maximum atomic E-state index is 12.9. The Morgan fingerprint density at radius 2 is 1.69 bits per heavy atom. The van der Waals surface area contributed by atoms with E-state index in [9.17, 15) is 14.7 Å². The third-order valence-corrected chi connectivity index (χ3v) is 7.65. The minimum atomic E-state index is -0.985. The second kappa shape index (κ2) is 12.7. The summed E-state index contributed by atoms with van der Waals surface area (Å²) < 4.78 is 0. The zero-order valence-electron chi connectivity index (χ0n) is 23.8. The van der Waals surface area contributed by atoms with E-state index in [-0.39, 0.29) is 24.2 Å². The summed E-state index contributed by atoms with van der Waals surface area (Å²) in [5.74, 6) is -1.06. The van der Waals surface area contributed by atoms with Crippen molar-refractivity contribution in [2.24, 2.45) is 11.7 Å². The number of allylic oxidation sites excluding steroid dienone is 1. The molecule has 0 fully saturated rings. The molecule has 0 bridgehead atoms. The fourth-order valence-corrected chi connectivity index (χ4v) is 5.73. The number of carbonyl (C=O) groups is 2. The van der Waals surface area contributed by atoms with Gasteiger partial charge in [0, 0.05) is 24.2 Å². The Bertz CT molecular complexity index is 1550. The summed E-state index contributed by atoms with van der Waals surface area (Å²) in [7, 11) is 0. The standard InChI is InChI=1S/C32H35N7O3/c1-3-9-28-38(20-22-15-17-23(18-16-22)25-12-7-8-13-26(25)31-34-36-37-35-31)30(32(41)42)29(21(2)14-19-27(33)40)39(28)24-10-5-4-6-11-24/h4-8,10-13,15-18,21,28H,3,9,14,19-20H2,1-2H3,(H2,33,40)(H,41,42)(H,34,35,36,37). The number of primary amides is 1. The molecule has 2 atom stereocenters. The number of carboxylic acids is 1. The number of hydrogen-bond donors (Lipinski definition) is 3. The quantitative estimate of drug-likeness (QED) is 0.213. The van der Waals surface area contributed by atoms with Crippen LogP contribution in [0.5, 0.6) is 0 Å². The first-order valence-corrected chi connectivity index (χ1v) is 14.2. The van der Waals surface area contributed by atoms with E-state index in [1.165, 1.54) is 0 Å². The molecule has 0 radical (unpaired) electrons. The van der Waals surface area contributed by atoms with Crippen LogP contribution in [-0.4, -0.2) is 48.7 Å². The van der Waals surface area contributed by atoms with Crippen molar-refractivity contribution in [3.05, 3.63) is 95.8 Å². The Labute approximate surface area is 244 Å². The van der Waals surface area contributed by atoms with Gasteiger partial charge in [-0.1, -0.05) is 87.0 Å². The van der Waals surface area contributed by atoms with E-state index < -0.39 is 11.9 Å². The predicted molar refractivity (Wildman–Crippen MR) is 160 cm³/mol. The molecule has 2 unspecified atom stereocenters. The average Bonchev–Trinajstić information content (AvgIpc) is 3.64. The van der Waals surface area contributed by atoms with Crippen LogP contribution < -0.4 is 10.6 Å². The van der Waals surface area contributed by atoms with Crippen molar-refractivity contribution in [1.29, 1.82) is 0 Å². The van der Waals surface area contributed by atoms with Crippen molar-refractivity contribution in [2.45, 2.75) is 52.2 Å². The number of aromatic nitrogens is 4. The summed E-state index contributed by atoms with van der Waals surface area (Å²) >= 11 is 0. The number of carboxylic acid groups (broad SMARTS) is 1. The van der Waals surface area contributed by atoms with Gasteiger partial charge in [-0.2, -0.15) is 5.21 Å². The van der Waals surface area contributed by atoms with Crippen molar-refractivity contribution in [2.75, 3.05) is 4.90 Å². The van der Waals surface area contributed by atoms with E-state index in [2.05, 4.69) is 32.4 Å². The number of H-pyrrole nitrogens is 1. The van der Waals surface area contributed by atoms with Gasteiger partial charge < -0.3 is 20.6 Å². The van der Waals surface area contributed by atoms with E-state index >= 15 is 0 Å². The molecule has 4 aromatic rings. The van der Waals surface area contributed by atoms with E-state index in [1.54, 1.807) is 0 Å². The molecule has 2 heterocycles. The Morgan fingerprint density at radius 1 is 1.00 bits per heavy atom. The third-order valence-electron chi connectivity index (χ3n) is 7.65. The zero-order valence-corrected chi connectivity index (χ0v) is 23.8. The Balaban J connectivity index is 1.52. The van der Waals surface area contributed by atoms with Crippen LogP contribution in [-0.2, 0) is 16.1 Å². The Kier molecular flexibility index (Phi) is 8.61. The Hall–Kier alpha value is -4.99. The number of carbonyl (C=O) groups excluding carboxylic acids is 1. The van der Waals surface area contributed by atoms with Crippen LogP contribution in [0, 0.1) is 5.92 Å². The van der Waals surface area contributed by atoms with Gasteiger partial charge in [0.05, 0.1) is 5.70 Å². The highest BCUT2D eigenvalue weighted by Gasteiger charge is 2.43. The SMILES string of the molecule is CCCC1N(Cc2ccc(-c3ccccc3-c3nn[nH]n3)cc2)C(C(=O)O)=C(C(C)CCC(N)=O)N1c1ccccc1. The molecular formula is C32H35N7O3. The monoisotopic (exact) mass is 565 g/mol. The molecule has 4 N–H and O–H groups in total. The van der Waals surface area contributed by atoms with Gasteiger partial charge in [0.25, 0.3) is 0 Å². The molecule has 42 heavy (non-hydrogen) atoms. The topological polar surface area (TPSA) is 141 Å². The summed E-state index contributed by atoms with van der Waals surface area (Å²) in [5, 5.41) is 25.1. The molecule has 5 rings (SSSR count). The van der Waals surface area contributed by atoms with E-state index in [4.69, 9.17) is 5.73 Å². The van der Waals surface area contributed by atoms with Gasteiger partial charge in [0.15, 0.2) is 0 Å². The molecule has 0 saturated carbocycles. The molecule has 10 heteroatoms. The molecule has 0 saturated heterocycles. The molecule has 1 aromatic heterocycles. The number of aliphatic carboxylic acids is 1. The maximum absolute atomic E-state index is 12.9. The van der Waals surface area contributed by atoms with Gasteiger partial charge in [0.1, 0.15) is 11.9 Å². The first-order chi connectivity index (χ1) is 20.4. The summed E-state index contributed by atoms with van der Waals surface area (Å²) in [6, 6.07) is 25.9. The van der Waals surface area contributed by atoms with E-state index in [0.717, 1.165) is 40.8 Å². The van der Waals surface area contributed by atoms with Gasteiger partial charge in [-0.15, -0.1) is 10.2 Å². The van der Waals surface area contributed by atoms with Crippen LogP contribution in [0.2, 0.25) is 0 Å². The summed E-state index contributed by atoms with van der Waals surface area (Å²) in [6.45, 7) is 4.49. The minimum Gasteiger partial charge on any atom is -0.477 e. The fraction of sp³-hybridized carbons (Fsp3) is 0.281. The van der Waals surface area contributed by atoms with Gasteiger partial charge in [-0.3, -0.25) is 4.79 Å². The van der Waals surface area contributed by atoms with Crippen molar-refractivity contribution >= 4 is 17.6 Å². The lowest BCUT2D eigenvalue weighted by Gasteiger charge is -2.35. The number of benzene rings is 3. The lowest BCUT2D eigenvalue weighted by Crippen LogP contribution is -2.41. The first-order valence-electron chi connectivity index (χ1n) is 14.2. The lowest BCUT2D eigenvalue weighted by molar-refractivity contribution is -0.134. The third kappa shape index (κ3) is 5.88. The molecule has 10 nitrogen and oxygen atoms in total. The highest BCUT2D eigenvalue weighted by Crippen LogP contribution is 2.42. The van der Waals surface area contributed by atoms with Crippen LogP contribution in [0.3, 0.4) is 0 Å². The largest absolute Gasteiger partial charge is 0.477 e. The first kappa shape index (κ1) is 28.5. The average molecular weight is 566 g/mol. The zero-order chi connectivity index (χ0) is 29.6. The van der Waals surface area contributed by atoms with Crippen LogP contribution >= 0.6 is 0 Å². The molecule has 1 amide bonds. The molecule has 3 aromatic carbocycles.